The van der Waals surface area contributed by atoms with E-state index in [4.69, 9.17) is 0 Å². The Kier molecular flexibility index (Phi) is 5.02. The Morgan fingerprint density at radius 3 is 2.80 bits per heavy atom. The van der Waals surface area contributed by atoms with E-state index in [9.17, 15) is 0 Å². The van der Waals surface area contributed by atoms with Crippen molar-refractivity contribution in [3.8, 4) is 0 Å². The van der Waals surface area contributed by atoms with Crippen molar-refractivity contribution in [2.75, 3.05) is 0 Å². The molecule has 2 rings (SSSR count). The van der Waals surface area contributed by atoms with E-state index in [1.165, 1.54) is 22.9 Å². The lowest BCUT2D eigenvalue weighted by atomic mass is 10.00. The Bertz CT molecular complexity index is 627. The van der Waals surface area contributed by atoms with Crippen LogP contribution < -0.4 is 0 Å². The van der Waals surface area contributed by atoms with E-state index in [1.807, 2.05) is 19.1 Å². The van der Waals surface area contributed by atoms with E-state index < -0.39 is 0 Å². The molecule has 0 spiro atoms. The first-order chi connectivity index (χ1) is 9.76. The predicted octanol–water partition coefficient (Wildman–Crippen LogP) is 4.36. The van der Waals surface area contributed by atoms with Crippen LogP contribution >= 0.6 is 11.7 Å². The highest BCUT2D eigenvalue weighted by molar-refractivity contribution is 6.99. The molecule has 0 saturated carbocycles. The van der Waals surface area contributed by atoms with E-state index in [0.29, 0.717) is 0 Å². The Labute approximate surface area is 124 Å². The lowest BCUT2D eigenvalue weighted by molar-refractivity contribution is 1.04. The van der Waals surface area contributed by atoms with Crippen LogP contribution in [-0.2, 0) is 12.8 Å². The van der Waals surface area contributed by atoms with Crippen LogP contribution in [0.15, 0.2) is 72.4 Å². The Balaban J connectivity index is 2.06. The van der Waals surface area contributed by atoms with Crippen molar-refractivity contribution in [2.24, 2.45) is 0 Å². The first-order valence-corrected chi connectivity index (χ1v) is 7.30. The summed E-state index contributed by atoms with van der Waals surface area (Å²) < 4.78 is 8.78. The van der Waals surface area contributed by atoms with Gasteiger partial charge in [-0.1, -0.05) is 55.7 Å². The van der Waals surface area contributed by atoms with Crippen LogP contribution in [0.5, 0.6) is 0 Å². The number of hydrogen-bond acceptors (Lipinski definition) is 3. The van der Waals surface area contributed by atoms with Gasteiger partial charge in [0.15, 0.2) is 0 Å². The van der Waals surface area contributed by atoms with Gasteiger partial charge in [-0.15, -0.1) is 0 Å². The standard InChI is InChI=1S/C17H18N2S/c1-4-6-7-9-16-17(19-20-18-16)12-15-11-10-14(8-5-2)13(15)3/h4-8,10-11H,1,3,9,12H2,2H3/b7-6+,8-5+. The maximum absolute atomic E-state index is 4.41. The molecule has 1 aliphatic rings. The minimum atomic E-state index is 0.796. The van der Waals surface area contributed by atoms with Gasteiger partial charge in [0.05, 0.1) is 23.1 Å². The Morgan fingerprint density at radius 1 is 1.25 bits per heavy atom. The van der Waals surface area contributed by atoms with Crippen molar-refractivity contribution in [1.82, 2.24) is 8.75 Å². The molecule has 0 bridgehead atoms. The van der Waals surface area contributed by atoms with Gasteiger partial charge < -0.3 is 0 Å². The maximum Gasteiger partial charge on any atom is 0.0822 e. The van der Waals surface area contributed by atoms with Crippen LogP contribution in [-0.4, -0.2) is 8.75 Å². The molecule has 0 N–H and O–H groups in total. The summed E-state index contributed by atoms with van der Waals surface area (Å²) in [7, 11) is 0. The molecule has 0 saturated heterocycles. The van der Waals surface area contributed by atoms with Gasteiger partial charge in [0.2, 0.25) is 0 Å². The van der Waals surface area contributed by atoms with E-state index in [0.717, 1.165) is 29.8 Å². The highest BCUT2D eigenvalue weighted by atomic mass is 32.1. The summed E-state index contributed by atoms with van der Waals surface area (Å²) in [4.78, 5) is 0. The third-order valence-electron chi connectivity index (χ3n) is 3.12. The molecule has 0 aromatic carbocycles. The van der Waals surface area contributed by atoms with E-state index >= 15 is 0 Å². The van der Waals surface area contributed by atoms with Gasteiger partial charge in [0.25, 0.3) is 0 Å². The summed E-state index contributed by atoms with van der Waals surface area (Å²) in [5.41, 5.74) is 5.58. The first-order valence-electron chi connectivity index (χ1n) is 6.57. The zero-order chi connectivity index (χ0) is 14.4. The summed E-state index contributed by atoms with van der Waals surface area (Å²) >= 11 is 1.27. The largest absolute Gasteiger partial charge is 0.177 e. The molecule has 0 fully saturated rings. The molecule has 1 heterocycles. The second-order valence-electron chi connectivity index (χ2n) is 4.49. The number of hydrogen-bond donors (Lipinski definition) is 0. The number of allylic oxidation sites excluding steroid dienone is 10. The minimum absolute atomic E-state index is 0.796. The van der Waals surface area contributed by atoms with E-state index in [-0.39, 0.29) is 0 Å². The molecule has 0 unspecified atom stereocenters. The van der Waals surface area contributed by atoms with Gasteiger partial charge >= 0.3 is 0 Å². The van der Waals surface area contributed by atoms with Crippen LogP contribution in [0.25, 0.3) is 0 Å². The van der Waals surface area contributed by atoms with Crippen LogP contribution in [0.1, 0.15) is 18.3 Å². The highest BCUT2D eigenvalue weighted by Gasteiger charge is 2.15. The van der Waals surface area contributed by atoms with Crippen LogP contribution in [0.2, 0.25) is 0 Å². The van der Waals surface area contributed by atoms with Crippen molar-refractivity contribution < 1.29 is 0 Å². The minimum Gasteiger partial charge on any atom is -0.177 e. The topological polar surface area (TPSA) is 25.8 Å². The zero-order valence-corrected chi connectivity index (χ0v) is 12.5. The van der Waals surface area contributed by atoms with E-state index in [2.05, 4.69) is 46.2 Å². The van der Waals surface area contributed by atoms with Crippen molar-refractivity contribution in [3.63, 3.8) is 0 Å². The molecule has 0 aliphatic heterocycles. The molecule has 0 atom stereocenters. The number of nitrogens with zero attached hydrogens (tertiary/aromatic N) is 2. The second-order valence-corrected chi connectivity index (χ2v) is 5.02. The highest BCUT2D eigenvalue weighted by Crippen LogP contribution is 2.28. The maximum atomic E-state index is 4.41. The average Bonchev–Trinajstić information content (AvgIpc) is 3.01. The van der Waals surface area contributed by atoms with Crippen LogP contribution in [0.3, 0.4) is 0 Å². The predicted molar refractivity (Wildman–Crippen MR) is 86.8 cm³/mol. The Morgan fingerprint density at radius 2 is 2.05 bits per heavy atom. The fraction of sp³-hybridized carbons (Fsp3) is 0.176. The van der Waals surface area contributed by atoms with Crippen molar-refractivity contribution in [2.45, 2.75) is 19.8 Å². The fourth-order valence-electron chi connectivity index (χ4n) is 2.05. The third-order valence-corrected chi connectivity index (χ3v) is 3.73. The monoisotopic (exact) mass is 282 g/mol. The second kappa shape index (κ2) is 6.96. The molecular weight excluding hydrogens is 264 g/mol. The average molecular weight is 282 g/mol. The smallest absolute Gasteiger partial charge is 0.0822 e. The number of rotatable bonds is 6. The lowest BCUT2D eigenvalue weighted by Crippen LogP contribution is -1.97. The van der Waals surface area contributed by atoms with Gasteiger partial charge in [0, 0.05) is 12.8 Å². The molecule has 1 aliphatic carbocycles. The van der Waals surface area contributed by atoms with E-state index in [1.54, 1.807) is 6.08 Å². The summed E-state index contributed by atoms with van der Waals surface area (Å²) in [5.74, 6) is 0. The van der Waals surface area contributed by atoms with Crippen molar-refractivity contribution in [3.05, 3.63) is 83.8 Å². The van der Waals surface area contributed by atoms with Gasteiger partial charge in [-0.3, -0.25) is 0 Å². The van der Waals surface area contributed by atoms with Gasteiger partial charge in [0.1, 0.15) is 0 Å². The Hall–Kier alpha value is -2.00. The summed E-state index contributed by atoms with van der Waals surface area (Å²) in [6.45, 7) is 9.84. The van der Waals surface area contributed by atoms with Crippen molar-refractivity contribution in [1.29, 1.82) is 0 Å². The molecule has 1 aromatic rings. The van der Waals surface area contributed by atoms with Gasteiger partial charge in [-0.25, -0.2) is 0 Å². The summed E-state index contributed by atoms with van der Waals surface area (Å²) in [6, 6.07) is 0. The SMILES string of the molecule is C=C/C=C/Cc1nsnc1CC1=CC=C(/C=C/C)C1=C. The first kappa shape index (κ1) is 14.4. The molecule has 0 amide bonds. The number of aromatic nitrogens is 2. The molecule has 20 heavy (non-hydrogen) atoms. The summed E-state index contributed by atoms with van der Waals surface area (Å²) in [5, 5.41) is 0. The molecule has 0 radical (unpaired) electrons. The van der Waals surface area contributed by atoms with Gasteiger partial charge in [-0.2, -0.15) is 8.75 Å². The molecule has 1 aromatic heterocycles. The zero-order valence-electron chi connectivity index (χ0n) is 11.7. The van der Waals surface area contributed by atoms with Crippen LogP contribution in [0.4, 0.5) is 0 Å². The van der Waals surface area contributed by atoms with Gasteiger partial charge in [-0.05, 0) is 23.6 Å². The molecule has 102 valence electrons. The molecular formula is C17H18N2S. The quantitative estimate of drug-likeness (QED) is 0.724. The lowest BCUT2D eigenvalue weighted by Gasteiger charge is -2.05. The summed E-state index contributed by atoms with van der Waals surface area (Å²) in [6.07, 6.45) is 15.7. The molecule has 3 heteroatoms. The third kappa shape index (κ3) is 3.31. The molecule has 2 nitrogen and oxygen atoms in total. The normalized spacial score (nSPS) is 15.2. The fourth-order valence-corrected chi connectivity index (χ4v) is 2.64. The van der Waals surface area contributed by atoms with Crippen LogP contribution in [0, 0.1) is 0 Å². The van der Waals surface area contributed by atoms with Crippen molar-refractivity contribution >= 4 is 11.7 Å².